The average molecular weight is 388 g/mol. The summed E-state index contributed by atoms with van der Waals surface area (Å²) in [6.07, 6.45) is 0.601. The molecule has 0 bridgehead atoms. The van der Waals surface area contributed by atoms with Crippen molar-refractivity contribution in [3.05, 3.63) is 59.1 Å². The minimum atomic E-state index is -0.679. The van der Waals surface area contributed by atoms with E-state index in [-0.39, 0.29) is 0 Å². The van der Waals surface area contributed by atoms with Gasteiger partial charge < -0.3 is 20.3 Å². The minimum Gasteiger partial charge on any atom is -0.378 e. The molecule has 1 heterocycles. The van der Waals surface area contributed by atoms with E-state index in [1.807, 2.05) is 36.4 Å². The number of rotatable bonds is 5. The summed E-state index contributed by atoms with van der Waals surface area (Å²) >= 11 is 5.94. The first kappa shape index (κ1) is 19.2. The normalized spacial score (nSPS) is 13.9. The van der Waals surface area contributed by atoms with Crippen molar-refractivity contribution in [2.24, 2.45) is 0 Å². The molecule has 142 valence electrons. The fraction of sp³-hybridized carbons (Fsp3) is 0.300. The molecule has 1 aliphatic heterocycles. The summed E-state index contributed by atoms with van der Waals surface area (Å²) in [6, 6.07) is 14.9. The van der Waals surface area contributed by atoms with Gasteiger partial charge in [0, 0.05) is 24.7 Å². The van der Waals surface area contributed by atoms with E-state index >= 15 is 0 Å². The Labute approximate surface area is 163 Å². The summed E-state index contributed by atoms with van der Waals surface area (Å²) in [5.41, 5.74) is 2.51. The van der Waals surface area contributed by atoms with Gasteiger partial charge in [0.15, 0.2) is 0 Å². The predicted octanol–water partition coefficient (Wildman–Crippen LogP) is 2.47. The quantitative estimate of drug-likeness (QED) is 0.773. The molecule has 0 aliphatic carbocycles. The monoisotopic (exact) mass is 387 g/mol. The lowest BCUT2D eigenvalue weighted by Gasteiger charge is -2.30. The smallest absolute Gasteiger partial charge is 0.313 e. The first-order chi connectivity index (χ1) is 13.1. The number of nitrogens with zero attached hydrogens (tertiary/aromatic N) is 1. The number of nitrogens with one attached hydrogen (secondary N) is 2. The van der Waals surface area contributed by atoms with Crippen LogP contribution in [0.15, 0.2) is 48.5 Å². The number of carbonyl (C=O) groups excluding carboxylic acids is 2. The van der Waals surface area contributed by atoms with Gasteiger partial charge in [-0.1, -0.05) is 35.9 Å². The second kappa shape index (κ2) is 9.39. The number of ether oxygens (including phenoxy) is 1. The Morgan fingerprint density at radius 3 is 2.59 bits per heavy atom. The summed E-state index contributed by atoms with van der Waals surface area (Å²) in [6.45, 7) is 3.15. The Bertz CT molecular complexity index is 807. The van der Waals surface area contributed by atoms with Crippen LogP contribution < -0.4 is 15.5 Å². The lowest BCUT2D eigenvalue weighted by Crippen LogP contribution is -2.38. The molecule has 0 radical (unpaired) electrons. The van der Waals surface area contributed by atoms with Crippen LogP contribution in [0.3, 0.4) is 0 Å². The summed E-state index contributed by atoms with van der Waals surface area (Å²) in [5.74, 6) is -1.34. The molecular weight excluding hydrogens is 366 g/mol. The van der Waals surface area contributed by atoms with Crippen molar-refractivity contribution < 1.29 is 14.3 Å². The highest BCUT2D eigenvalue weighted by Crippen LogP contribution is 2.26. The first-order valence-corrected chi connectivity index (χ1v) is 9.26. The van der Waals surface area contributed by atoms with Crippen LogP contribution in [-0.4, -0.2) is 44.7 Å². The maximum Gasteiger partial charge on any atom is 0.313 e. The van der Waals surface area contributed by atoms with Gasteiger partial charge in [-0.25, -0.2) is 0 Å². The Kier molecular flexibility index (Phi) is 6.68. The molecule has 1 saturated heterocycles. The Balaban J connectivity index is 1.54. The summed E-state index contributed by atoms with van der Waals surface area (Å²) in [7, 11) is 0. The SMILES string of the molecule is O=C(NCCc1cccc(Cl)c1)C(=O)Nc1ccccc1N1CCOCC1. The van der Waals surface area contributed by atoms with Gasteiger partial charge >= 0.3 is 11.8 Å². The van der Waals surface area contributed by atoms with E-state index in [1.165, 1.54) is 0 Å². The Morgan fingerprint density at radius 2 is 1.81 bits per heavy atom. The minimum absolute atomic E-state index is 0.359. The van der Waals surface area contributed by atoms with E-state index in [9.17, 15) is 9.59 Å². The lowest BCUT2D eigenvalue weighted by atomic mass is 10.1. The number of carbonyl (C=O) groups is 2. The van der Waals surface area contributed by atoms with Crippen molar-refractivity contribution in [1.82, 2.24) is 5.32 Å². The van der Waals surface area contributed by atoms with Crippen molar-refractivity contribution in [1.29, 1.82) is 0 Å². The molecule has 2 amide bonds. The Hall–Kier alpha value is -2.57. The summed E-state index contributed by atoms with van der Waals surface area (Å²) in [4.78, 5) is 26.5. The third-order valence-electron chi connectivity index (χ3n) is 4.30. The van der Waals surface area contributed by atoms with Crippen LogP contribution in [0.25, 0.3) is 0 Å². The van der Waals surface area contributed by atoms with Gasteiger partial charge in [-0.2, -0.15) is 0 Å². The fourth-order valence-electron chi connectivity index (χ4n) is 2.93. The molecule has 2 N–H and O–H groups in total. The highest BCUT2D eigenvalue weighted by molar-refractivity contribution is 6.40. The maximum absolute atomic E-state index is 12.3. The number of amides is 2. The van der Waals surface area contributed by atoms with Crippen LogP contribution in [-0.2, 0) is 20.7 Å². The molecule has 0 spiro atoms. The molecule has 0 atom stereocenters. The van der Waals surface area contributed by atoms with Gasteiger partial charge in [-0.05, 0) is 36.2 Å². The molecular formula is C20H22ClN3O3. The third-order valence-corrected chi connectivity index (χ3v) is 4.53. The van der Waals surface area contributed by atoms with Crippen molar-refractivity contribution in [2.75, 3.05) is 43.1 Å². The number of halogens is 1. The van der Waals surface area contributed by atoms with Gasteiger partial charge in [-0.3, -0.25) is 9.59 Å². The van der Waals surface area contributed by atoms with Crippen LogP contribution in [0, 0.1) is 0 Å². The van der Waals surface area contributed by atoms with Crippen molar-refractivity contribution in [3.63, 3.8) is 0 Å². The number of benzene rings is 2. The third kappa shape index (κ3) is 5.45. The lowest BCUT2D eigenvalue weighted by molar-refractivity contribution is -0.136. The molecule has 6 nitrogen and oxygen atoms in total. The molecule has 2 aromatic carbocycles. The van der Waals surface area contributed by atoms with E-state index in [2.05, 4.69) is 15.5 Å². The molecule has 0 saturated carbocycles. The standard InChI is InChI=1S/C20H22ClN3O3/c21-16-5-3-4-15(14-16)8-9-22-19(25)20(26)23-17-6-1-2-7-18(17)24-10-12-27-13-11-24/h1-7,14H,8-13H2,(H,22,25)(H,23,26). The molecule has 3 rings (SSSR count). The van der Waals surface area contributed by atoms with Crippen LogP contribution in [0.2, 0.25) is 5.02 Å². The van der Waals surface area contributed by atoms with E-state index in [1.54, 1.807) is 12.1 Å². The molecule has 2 aromatic rings. The Morgan fingerprint density at radius 1 is 1.04 bits per heavy atom. The van der Waals surface area contributed by atoms with E-state index in [4.69, 9.17) is 16.3 Å². The predicted molar refractivity (Wildman–Crippen MR) is 106 cm³/mol. The number of morpholine rings is 1. The average Bonchev–Trinajstić information content (AvgIpc) is 2.69. The molecule has 0 aromatic heterocycles. The number of hydrogen-bond acceptors (Lipinski definition) is 4. The molecule has 0 unspecified atom stereocenters. The number of hydrogen-bond donors (Lipinski definition) is 2. The van der Waals surface area contributed by atoms with Crippen molar-refractivity contribution in [3.8, 4) is 0 Å². The molecule has 1 fully saturated rings. The molecule has 1 aliphatic rings. The highest BCUT2D eigenvalue weighted by Gasteiger charge is 2.18. The fourth-order valence-corrected chi connectivity index (χ4v) is 3.14. The van der Waals surface area contributed by atoms with Gasteiger partial charge in [0.25, 0.3) is 0 Å². The zero-order valence-electron chi connectivity index (χ0n) is 14.9. The van der Waals surface area contributed by atoms with Crippen LogP contribution in [0.5, 0.6) is 0 Å². The van der Waals surface area contributed by atoms with E-state index in [0.29, 0.717) is 36.9 Å². The van der Waals surface area contributed by atoms with E-state index in [0.717, 1.165) is 24.3 Å². The van der Waals surface area contributed by atoms with Crippen LogP contribution >= 0.6 is 11.6 Å². The van der Waals surface area contributed by atoms with Gasteiger partial charge in [0.2, 0.25) is 0 Å². The maximum atomic E-state index is 12.3. The molecule has 7 heteroatoms. The number of anilines is 2. The van der Waals surface area contributed by atoms with E-state index < -0.39 is 11.8 Å². The zero-order chi connectivity index (χ0) is 19.1. The topological polar surface area (TPSA) is 70.7 Å². The first-order valence-electron chi connectivity index (χ1n) is 8.89. The molecule has 27 heavy (non-hydrogen) atoms. The largest absolute Gasteiger partial charge is 0.378 e. The summed E-state index contributed by atoms with van der Waals surface area (Å²) < 4.78 is 5.37. The number of para-hydroxylation sites is 2. The van der Waals surface area contributed by atoms with Crippen molar-refractivity contribution in [2.45, 2.75) is 6.42 Å². The summed E-state index contributed by atoms with van der Waals surface area (Å²) in [5, 5.41) is 6.00. The van der Waals surface area contributed by atoms with Crippen LogP contribution in [0.4, 0.5) is 11.4 Å². The second-order valence-corrected chi connectivity index (χ2v) is 6.64. The van der Waals surface area contributed by atoms with Gasteiger partial charge in [0.05, 0.1) is 24.6 Å². The second-order valence-electron chi connectivity index (χ2n) is 6.21. The van der Waals surface area contributed by atoms with Crippen LogP contribution in [0.1, 0.15) is 5.56 Å². The van der Waals surface area contributed by atoms with Gasteiger partial charge in [-0.15, -0.1) is 0 Å². The highest BCUT2D eigenvalue weighted by atomic mass is 35.5. The van der Waals surface area contributed by atoms with Gasteiger partial charge in [0.1, 0.15) is 0 Å². The van der Waals surface area contributed by atoms with Crippen molar-refractivity contribution >= 4 is 34.8 Å². The zero-order valence-corrected chi connectivity index (χ0v) is 15.7.